The Hall–Kier alpha value is -2.61. The standard InChI is InChI=1S/C15H18N6O2/c22-13-3-6-21(15(23)17-13)14-11-2-1-10(9-12(11)18-19-14)20-7-4-16-5-8-20/h1-2,9,16H,3-8H2,(H,18,19)(H,17,22,23). The lowest BCUT2D eigenvalue weighted by Crippen LogP contribution is -2.49. The number of imide groups is 1. The number of amides is 3. The monoisotopic (exact) mass is 314 g/mol. The number of fused-ring (bicyclic) bond motifs is 1. The number of aromatic amines is 1. The van der Waals surface area contributed by atoms with Gasteiger partial charge in [0.15, 0.2) is 5.82 Å². The molecule has 23 heavy (non-hydrogen) atoms. The minimum atomic E-state index is -0.416. The molecule has 8 nitrogen and oxygen atoms in total. The van der Waals surface area contributed by atoms with E-state index in [4.69, 9.17) is 0 Å². The van der Waals surface area contributed by atoms with Crippen LogP contribution in [-0.4, -0.2) is 54.9 Å². The van der Waals surface area contributed by atoms with Crippen molar-refractivity contribution in [3.05, 3.63) is 18.2 Å². The topological polar surface area (TPSA) is 93.4 Å². The molecule has 120 valence electrons. The van der Waals surface area contributed by atoms with E-state index < -0.39 is 6.03 Å². The van der Waals surface area contributed by atoms with Crippen LogP contribution in [0.1, 0.15) is 6.42 Å². The average Bonchev–Trinajstić information content (AvgIpc) is 2.99. The fourth-order valence-corrected chi connectivity index (χ4v) is 3.08. The van der Waals surface area contributed by atoms with Crippen molar-refractivity contribution in [1.82, 2.24) is 20.8 Å². The van der Waals surface area contributed by atoms with E-state index in [9.17, 15) is 9.59 Å². The van der Waals surface area contributed by atoms with Crippen molar-refractivity contribution in [2.75, 3.05) is 42.5 Å². The molecule has 0 aliphatic carbocycles. The summed E-state index contributed by atoms with van der Waals surface area (Å²) in [6, 6.07) is 5.68. The number of anilines is 2. The summed E-state index contributed by atoms with van der Waals surface area (Å²) in [6.07, 6.45) is 0.291. The fourth-order valence-electron chi connectivity index (χ4n) is 3.08. The maximum Gasteiger partial charge on any atom is 0.329 e. The molecule has 2 saturated heterocycles. The quantitative estimate of drug-likeness (QED) is 0.747. The summed E-state index contributed by atoms with van der Waals surface area (Å²) in [7, 11) is 0. The van der Waals surface area contributed by atoms with Gasteiger partial charge in [0.1, 0.15) is 0 Å². The molecule has 8 heteroatoms. The number of carbonyl (C=O) groups is 2. The Kier molecular flexibility index (Phi) is 3.38. The Morgan fingerprint density at radius 1 is 1.09 bits per heavy atom. The molecule has 0 radical (unpaired) electrons. The Morgan fingerprint density at radius 2 is 1.91 bits per heavy atom. The van der Waals surface area contributed by atoms with Gasteiger partial charge in [-0.2, -0.15) is 5.10 Å². The molecule has 3 amide bonds. The van der Waals surface area contributed by atoms with E-state index in [1.165, 1.54) is 4.90 Å². The first kappa shape index (κ1) is 14.0. The molecule has 4 rings (SSSR count). The molecule has 1 aromatic carbocycles. The van der Waals surface area contributed by atoms with Gasteiger partial charge in [0.2, 0.25) is 5.91 Å². The SMILES string of the molecule is O=C1CCN(c2n[nH]c3cc(N4CCNCC4)ccc23)C(=O)N1. The average molecular weight is 314 g/mol. The van der Waals surface area contributed by atoms with E-state index >= 15 is 0 Å². The number of H-pyrrole nitrogens is 1. The number of urea groups is 1. The molecule has 2 aliphatic heterocycles. The highest BCUT2D eigenvalue weighted by atomic mass is 16.2. The maximum absolute atomic E-state index is 12.0. The van der Waals surface area contributed by atoms with E-state index in [1.54, 1.807) is 0 Å². The minimum absolute atomic E-state index is 0.243. The first-order chi connectivity index (χ1) is 11.2. The highest BCUT2D eigenvalue weighted by molar-refractivity contribution is 6.08. The molecule has 0 bridgehead atoms. The second kappa shape index (κ2) is 5.54. The summed E-state index contributed by atoms with van der Waals surface area (Å²) < 4.78 is 0. The Morgan fingerprint density at radius 3 is 2.70 bits per heavy atom. The third-order valence-electron chi connectivity index (χ3n) is 4.32. The van der Waals surface area contributed by atoms with Crippen LogP contribution in [0.4, 0.5) is 16.3 Å². The lowest BCUT2D eigenvalue weighted by molar-refractivity contribution is -0.120. The van der Waals surface area contributed by atoms with Crippen molar-refractivity contribution in [2.45, 2.75) is 6.42 Å². The van der Waals surface area contributed by atoms with Gasteiger partial charge >= 0.3 is 6.03 Å². The number of aromatic nitrogens is 2. The van der Waals surface area contributed by atoms with Crippen LogP contribution in [0.15, 0.2) is 18.2 Å². The van der Waals surface area contributed by atoms with Gasteiger partial charge in [-0.25, -0.2) is 4.79 Å². The van der Waals surface area contributed by atoms with Crippen molar-refractivity contribution in [2.24, 2.45) is 0 Å². The van der Waals surface area contributed by atoms with Crippen molar-refractivity contribution in [3.8, 4) is 0 Å². The minimum Gasteiger partial charge on any atom is -0.369 e. The first-order valence-electron chi connectivity index (χ1n) is 7.77. The number of rotatable bonds is 2. The van der Waals surface area contributed by atoms with Gasteiger partial charge in [-0.3, -0.25) is 20.1 Å². The summed E-state index contributed by atoms with van der Waals surface area (Å²) in [5, 5.41) is 13.8. The smallest absolute Gasteiger partial charge is 0.329 e. The van der Waals surface area contributed by atoms with Gasteiger partial charge in [0.05, 0.1) is 5.52 Å². The molecule has 2 aliphatic rings. The van der Waals surface area contributed by atoms with Gasteiger partial charge in [-0.15, -0.1) is 0 Å². The van der Waals surface area contributed by atoms with Crippen LogP contribution >= 0.6 is 0 Å². The Balaban J connectivity index is 1.65. The van der Waals surface area contributed by atoms with Crippen molar-refractivity contribution >= 4 is 34.3 Å². The molecule has 2 fully saturated rings. The van der Waals surface area contributed by atoms with E-state index in [0.717, 1.165) is 42.8 Å². The third-order valence-corrected chi connectivity index (χ3v) is 4.32. The molecule has 0 atom stereocenters. The number of benzene rings is 1. The van der Waals surface area contributed by atoms with Crippen LogP contribution < -0.4 is 20.4 Å². The summed E-state index contributed by atoms with van der Waals surface area (Å²) in [5.74, 6) is 0.323. The predicted octanol–water partition coefficient (Wildman–Crippen LogP) is 0.419. The third kappa shape index (κ3) is 2.50. The van der Waals surface area contributed by atoms with E-state index in [-0.39, 0.29) is 5.91 Å². The van der Waals surface area contributed by atoms with Gasteiger partial charge in [0, 0.05) is 50.2 Å². The molecular weight excluding hydrogens is 296 g/mol. The molecule has 3 heterocycles. The molecule has 2 aromatic rings. The number of nitrogens with one attached hydrogen (secondary N) is 3. The van der Waals surface area contributed by atoms with Crippen LogP contribution in [0.3, 0.4) is 0 Å². The summed E-state index contributed by atoms with van der Waals surface area (Å²) in [5.41, 5.74) is 2.04. The zero-order valence-corrected chi connectivity index (χ0v) is 12.6. The second-order valence-corrected chi connectivity index (χ2v) is 5.77. The fraction of sp³-hybridized carbons (Fsp3) is 0.400. The highest BCUT2D eigenvalue weighted by Crippen LogP contribution is 2.28. The Labute approximate surface area is 132 Å². The number of piperazine rings is 1. The highest BCUT2D eigenvalue weighted by Gasteiger charge is 2.27. The van der Waals surface area contributed by atoms with Gasteiger partial charge in [0.25, 0.3) is 0 Å². The molecule has 3 N–H and O–H groups in total. The molecule has 0 saturated carbocycles. The van der Waals surface area contributed by atoms with Crippen LogP contribution in [0.5, 0.6) is 0 Å². The lowest BCUT2D eigenvalue weighted by atomic mass is 10.2. The van der Waals surface area contributed by atoms with E-state index in [2.05, 4.69) is 37.9 Å². The number of hydrogen-bond acceptors (Lipinski definition) is 5. The summed E-state index contributed by atoms with van der Waals surface area (Å²) in [6.45, 7) is 4.26. The van der Waals surface area contributed by atoms with Gasteiger partial charge in [-0.1, -0.05) is 0 Å². The van der Waals surface area contributed by atoms with Crippen LogP contribution in [0.2, 0.25) is 0 Å². The molecule has 1 aromatic heterocycles. The lowest BCUT2D eigenvalue weighted by Gasteiger charge is -2.29. The largest absolute Gasteiger partial charge is 0.369 e. The predicted molar refractivity (Wildman–Crippen MR) is 86.7 cm³/mol. The summed E-state index contributed by atoms with van der Waals surface area (Å²) in [4.78, 5) is 27.1. The number of nitrogens with zero attached hydrogens (tertiary/aromatic N) is 3. The van der Waals surface area contributed by atoms with Crippen molar-refractivity contribution < 1.29 is 9.59 Å². The van der Waals surface area contributed by atoms with Crippen LogP contribution in [-0.2, 0) is 4.79 Å². The summed E-state index contributed by atoms with van der Waals surface area (Å²) >= 11 is 0. The zero-order valence-electron chi connectivity index (χ0n) is 12.6. The first-order valence-corrected chi connectivity index (χ1v) is 7.77. The van der Waals surface area contributed by atoms with Crippen molar-refractivity contribution in [3.63, 3.8) is 0 Å². The van der Waals surface area contributed by atoms with Crippen molar-refractivity contribution in [1.29, 1.82) is 0 Å². The van der Waals surface area contributed by atoms with Gasteiger partial charge < -0.3 is 10.2 Å². The molecule has 0 unspecified atom stereocenters. The molecule has 0 spiro atoms. The van der Waals surface area contributed by atoms with E-state index in [1.807, 2.05) is 6.07 Å². The Bertz CT molecular complexity index is 764. The zero-order chi connectivity index (χ0) is 15.8. The maximum atomic E-state index is 12.0. The van der Waals surface area contributed by atoms with Crippen LogP contribution in [0.25, 0.3) is 10.9 Å². The second-order valence-electron chi connectivity index (χ2n) is 5.77. The normalized spacial score (nSPS) is 19.3. The number of carbonyl (C=O) groups excluding carboxylic acids is 2. The van der Waals surface area contributed by atoms with Gasteiger partial charge in [-0.05, 0) is 18.2 Å². The van der Waals surface area contributed by atoms with E-state index in [0.29, 0.717) is 18.8 Å². The van der Waals surface area contributed by atoms with Crippen LogP contribution in [0, 0.1) is 0 Å². The molecular formula is C15H18N6O2. The number of hydrogen-bond donors (Lipinski definition) is 3.